The molecule has 2 heterocycles. The molecule has 2 aromatic carbocycles. The van der Waals surface area contributed by atoms with Gasteiger partial charge in [-0.25, -0.2) is 0 Å². The number of aromatic hydroxyl groups is 1. The molecule has 0 spiro atoms. The Morgan fingerprint density at radius 1 is 1.15 bits per heavy atom. The lowest BCUT2D eigenvalue weighted by Crippen LogP contribution is -2.51. The summed E-state index contributed by atoms with van der Waals surface area (Å²) in [6, 6.07) is 15.6. The lowest BCUT2D eigenvalue weighted by molar-refractivity contribution is 0.139. The maximum absolute atomic E-state index is 9.67. The molecule has 0 bridgehead atoms. The maximum Gasteiger partial charge on any atom is 0.174 e. The molecule has 2 fully saturated rings. The lowest BCUT2D eigenvalue weighted by atomic mass is 9.91. The minimum absolute atomic E-state index is 0.0153. The number of aliphatic hydroxyl groups excluding tert-OH is 1. The molecule has 144 valence electrons. The Labute approximate surface area is 160 Å². The molecule has 27 heavy (non-hydrogen) atoms. The molecule has 0 aromatic heterocycles. The van der Waals surface area contributed by atoms with Gasteiger partial charge in [0.2, 0.25) is 0 Å². The highest BCUT2D eigenvalue weighted by Gasteiger charge is 2.33. The van der Waals surface area contributed by atoms with Crippen LogP contribution in [-0.4, -0.2) is 47.6 Å². The molecule has 2 saturated heterocycles. The third-order valence-electron chi connectivity index (χ3n) is 5.75. The van der Waals surface area contributed by atoms with Crippen molar-refractivity contribution in [2.24, 2.45) is 5.41 Å². The third-order valence-corrected chi connectivity index (χ3v) is 5.75. The fourth-order valence-corrected chi connectivity index (χ4v) is 3.93. The molecular formula is C22H28N2O3. The maximum atomic E-state index is 9.67. The fraction of sp³-hybridized carbons (Fsp3) is 0.455. The van der Waals surface area contributed by atoms with Gasteiger partial charge >= 0.3 is 0 Å². The first kappa shape index (κ1) is 18.1. The summed E-state index contributed by atoms with van der Waals surface area (Å²) in [6.45, 7) is 6.24. The van der Waals surface area contributed by atoms with Crippen LogP contribution in [0.2, 0.25) is 0 Å². The van der Waals surface area contributed by atoms with Crippen molar-refractivity contribution in [2.45, 2.75) is 32.5 Å². The summed E-state index contributed by atoms with van der Waals surface area (Å²) < 4.78 is 6.13. The number of nitrogens with zero attached hydrogens (tertiary/aromatic N) is 2. The topological polar surface area (TPSA) is 56.2 Å². The van der Waals surface area contributed by atoms with Crippen molar-refractivity contribution in [1.82, 2.24) is 4.90 Å². The lowest BCUT2D eigenvalue weighted by Gasteiger charge is -2.42. The molecule has 0 amide bonds. The van der Waals surface area contributed by atoms with Crippen LogP contribution in [0.25, 0.3) is 0 Å². The Balaban J connectivity index is 1.33. The van der Waals surface area contributed by atoms with E-state index in [1.165, 1.54) is 5.56 Å². The summed E-state index contributed by atoms with van der Waals surface area (Å²) >= 11 is 0. The van der Waals surface area contributed by atoms with E-state index in [1.807, 2.05) is 24.3 Å². The molecule has 0 saturated carbocycles. The molecule has 0 aliphatic carbocycles. The SMILES string of the molecule is CC1(CO)CCN(Cc2ccc(OC3CCN3c3cccc(O)c3)cc2)C1. The summed E-state index contributed by atoms with van der Waals surface area (Å²) in [7, 11) is 0. The van der Waals surface area contributed by atoms with Crippen molar-refractivity contribution in [3.8, 4) is 11.5 Å². The quantitative estimate of drug-likeness (QED) is 0.820. The Morgan fingerprint density at radius 2 is 1.96 bits per heavy atom. The minimum atomic E-state index is 0.0153. The number of phenols is 1. The second kappa shape index (κ2) is 7.41. The van der Waals surface area contributed by atoms with E-state index < -0.39 is 0 Å². The summed E-state index contributed by atoms with van der Waals surface area (Å²) in [5, 5.41) is 19.2. The predicted molar refractivity (Wildman–Crippen MR) is 106 cm³/mol. The number of ether oxygens (including phenoxy) is 1. The smallest absolute Gasteiger partial charge is 0.174 e. The first-order valence-corrected chi connectivity index (χ1v) is 9.69. The number of rotatable bonds is 6. The van der Waals surface area contributed by atoms with Gasteiger partial charge in [-0.1, -0.05) is 25.1 Å². The van der Waals surface area contributed by atoms with Crippen molar-refractivity contribution in [2.75, 3.05) is 31.1 Å². The van der Waals surface area contributed by atoms with Crippen molar-refractivity contribution in [1.29, 1.82) is 0 Å². The average molecular weight is 368 g/mol. The number of phenolic OH excluding ortho intramolecular Hbond substituents is 1. The molecule has 5 heteroatoms. The molecule has 2 unspecified atom stereocenters. The van der Waals surface area contributed by atoms with E-state index in [4.69, 9.17) is 4.74 Å². The number of hydrogen-bond acceptors (Lipinski definition) is 5. The third kappa shape index (κ3) is 4.04. The van der Waals surface area contributed by atoms with Crippen LogP contribution in [0.4, 0.5) is 5.69 Å². The van der Waals surface area contributed by atoms with Gasteiger partial charge in [0, 0.05) is 49.8 Å². The minimum Gasteiger partial charge on any atom is -0.508 e. The zero-order valence-corrected chi connectivity index (χ0v) is 15.8. The molecule has 4 rings (SSSR count). The van der Waals surface area contributed by atoms with Crippen LogP contribution < -0.4 is 9.64 Å². The van der Waals surface area contributed by atoms with Gasteiger partial charge in [0.05, 0.1) is 0 Å². The van der Waals surface area contributed by atoms with Crippen molar-refractivity contribution in [3.05, 3.63) is 54.1 Å². The Bertz CT molecular complexity index is 779. The van der Waals surface area contributed by atoms with E-state index in [0.29, 0.717) is 0 Å². The zero-order valence-electron chi connectivity index (χ0n) is 15.8. The largest absolute Gasteiger partial charge is 0.508 e. The van der Waals surface area contributed by atoms with Crippen LogP contribution in [0.1, 0.15) is 25.3 Å². The van der Waals surface area contributed by atoms with E-state index in [2.05, 4.69) is 28.9 Å². The molecule has 2 atom stereocenters. The van der Waals surface area contributed by atoms with E-state index >= 15 is 0 Å². The molecule has 5 nitrogen and oxygen atoms in total. The monoisotopic (exact) mass is 368 g/mol. The number of benzene rings is 2. The Kier molecular flexibility index (Phi) is 4.98. The first-order chi connectivity index (χ1) is 13.0. The van der Waals surface area contributed by atoms with Crippen LogP contribution in [0.5, 0.6) is 11.5 Å². The standard InChI is InChI=1S/C22H28N2O3/c1-22(16-25)10-12-23(15-22)14-17-5-7-20(8-6-17)27-21-9-11-24(21)18-3-2-4-19(26)13-18/h2-8,13,21,25-26H,9-12,14-16H2,1H3. The highest BCUT2D eigenvalue weighted by atomic mass is 16.5. The summed E-state index contributed by atoms with van der Waals surface area (Å²) in [5.74, 6) is 1.15. The van der Waals surface area contributed by atoms with E-state index in [9.17, 15) is 10.2 Å². The summed E-state index contributed by atoms with van der Waals surface area (Å²) in [4.78, 5) is 4.56. The molecule has 2 N–H and O–H groups in total. The second-order valence-corrected chi connectivity index (χ2v) is 8.15. The highest BCUT2D eigenvalue weighted by molar-refractivity contribution is 5.52. The van der Waals surface area contributed by atoms with Crippen molar-refractivity contribution >= 4 is 5.69 Å². The van der Waals surface area contributed by atoms with Gasteiger partial charge in [-0.3, -0.25) is 4.90 Å². The van der Waals surface area contributed by atoms with Gasteiger partial charge in [0.1, 0.15) is 11.5 Å². The summed E-state index contributed by atoms with van der Waals surface area (Å²) in [6.07, 6.45) is 2.05. The van der Waals surface area contributed by atoms with Gasteiger partial charge in [-0.2, -0.15) is 0 Å². The molecule has 0 radical (unpaired) electrons. The zero-order chi connectivity index (χ0) is 18.9. The number of aliphatic hydroxyl groups is 1. The van der Waals surface area contributed by atoms with Gasteiger partial charge < -0.3 is 19.8 Å². The molecular weight excluding hydrogens is 340 g/mol. The van der Waals surface area contributed by atoms with Crippen LogP contribution >= 0.6 is 0 Å². The first-order valence-electron chi connectivity index (χ1n) is 9.69. The normalized spacial score (nSPS) is 25.4. The van der Waals surface area contributed by atoms with Gasteiger partial charge in [-0.05, 0) is 42.8 Å². The van der Waals surface area contributed by atoms with E-state index in [-0.39, 0.29) is 24.0 Å². The van der Waals surface area contributed by atoms with Crippen LogP contribution in [0.15, 0.2) is 48.5 Å². The number of anilines is 1. The Morgan fingerprint density at radius 3 is 2.59 bits per heavy atom. The molecule has 2 aliphatic heterocycles. The molecule has 2 aliphatic rings. The van der Waals surface area contributed by atoms with Crippen LogP contribution in [-0.2, 0) is 6.54 Å². The predicted octanol–water partition coefficient (Wildman–Crippen LogP) is 3.21. The second-order valence-electron chi connectivity index (χ2n) is 8.15. The summed E-state index contributed by atoms with van der Waals surface area (Å²) in [5.41, 5.74) is 2.30. The Hall–Kier alpha value is -2.24. The van der Waals surface area contributed by atoms with Crippen molar-refractivity contribution in [3.63, 3.8) is 0 Å². The fourth-order valence-electron chi connectivity index (χ4n) is 3.93. The number of likely N-dealkylation sites (tertiary alicyclic amines) is 1. The van der Waals surface area contributed by atoms with Crippen LogP contribution in [0.3, 0.4) is 0 Å². The van der Waals surface area contributed by atoms with Gasteiger partial charge in [-0.15, -0.1) is 0 Å². The number of hydrogen-bond donors (Lipinski definition) is 2. The van der Waals surface area contributed by atoms with Crippen molar-refractivity contribution < 1.29 is 14.9 Å². The van der Waals surface area contributed by atoms with Gasteiger partial charge in [0.25, 0.3) is 0 Å². The van der Waals surface area contributed by atoms with E-state index in [1.54, 1.807) is 12.1 Å². The van der Waals surface area contributed by atoms with E-state index in [0.717, 1.165) is 50.5 Å². The average Bonchev–Trinajstić information content (AvgIpc) is 3.02. The highest BCUT2D eigenvalue weighted by Crippen LogP contribution is 2.32. The molecule has 2 aromatic rings. The van der Waals surface area contributed by atoms with Crippen LogP contribution in [0, 0.1) is 5.41 Å². The van der Waals surface area contributed by atoms with Gasteiger partial charge in [0.15, 0.2) is 6.23 Å².